The monoisotopic (exact) mass is 329 g/mol. The molecule has 0 unspecified atom stereocenters. The van der Waals surface area contributed by atoms with Crippen LogP contribution >= 0.6 is 11.6 Å². The summed E-state index contributed by atoms with van der Waals surface area (Å²) in [7, 11) is 0. The first kappa shape index (κ1) is 15.3. The molecule has 3 rings (SSSR count). The van der Waals surface area contributed by atoms with Gasteiger partial charge < -0.3 is 9.47 Å². The van der Waals surface area contributed by atoms with E-state index in [0.717, 1.165) is 17.8 Å². The van der Waals surface area contributed by atoms with Gasteiger partial charge in [-0.05, 0) is 6.07 Å². The number of halogens is 4. The van der Waals surface area contributed by atoms with E-state index in [-0.39, 0.29) is 5.02 Å². The van der Waals surface area contributed by atoms with Crippen molar-refractivity contribution in [1.82, 2.24) is 4.98 Å². The van der Waals surface area contributed by atoms with Gasteiger partial charge in [-0.2, -0.15) is 13.2 Å². The highest BCUT2D eigenvalue weighted by molar-refractivity contribution is 6.33. The molecule has 0 bridgehead atoms. The maximum atomic E-state index is 12.6. The van der Waals surface area contributed by atoms with Gasteiger partial charge in [0.2, 0.25) is 0 Å². The third kappa shape index (κ3) is 3.09. The van der Waals surface area contributed by atoms with Crippen LogP contribution in [0.1, 0.15) is 17.4 Å². The van der Waals surface area contributed by atoms with Gasteiger partial charge >= 0.3 is 6.18 Å². The predicted octanol–water partition coefficient (Wildman–Crippen LogP) is 4.47. The molecule has 1 aromatic carbocycles. The number of hydrogen-bond donors (Lipinski definition) is 0. The molecule has 3 nitrogen and oxygen atoms in total. The van der Waals surface area contributed by atoms with Crippen molar-refractivity contribution in [2.45, 2.75) is 12.5 Å². The second-order valence-electron chi connectivity index (χ2n) is 4.75. The first-order valence-electron chi connectivity index (χ1n) is 6.51. The Balaban J connectivity index is 1.87. The van der Waals surface area contributed by atoms with E-state index in [1.54, 1.807) is 24.3 Å². The molecule has 0 N–H and O–H groups in total. The van der Waals surface area contributed by atoms with E-state index in [9.17, 15) is 13.2 Å². The van der Waals surface area contributed by atoms with Crippen LogP contribution in [-0.2, 0) is 15.7 Å². The van der Waals surface area contributed by atoms with Crippen LogP contribution in [0.15, 0.2) is 36.5 Å². The van der Waals surface area contributed by atoms with E-state index in [2.05, 4.69) is 4.98 Å². The summed E-state index contributed by atoms with van der Waals surface area (Å²) in [5, 5.41) is -0.0454. The van der Waals surface area contributed by atoms with Gasteiger partial charge in [0, 0.05) is 17.3 Å². The van der Waals surface area contributed by atoms with E-state index in [0.29, 0.717) is 24.5 Å². The molecule has 1 saturated heterocycles. The Bertz CT molecular complexity index is 667. The predicted molar refractivity (Wildman–Crippen MR) is 74.3 cm³/mol. The Morgan fingerprint density at radius 2 is 1.73 bits per heavy atom. The third-order valence-electron chi connectivity index (χ3n) is 3.25. The van der Waals surface area contributed by atoms with Crippen molar-refractivity contribution in [3.63, 3.8) is 0 Å². The van der Waals surface area contributed by atoms with Crippen molar-refractivity contribution in [2.24, 2.45) is 0 Å². The van der Waals surface area contributed by atoms with Crippen LogP contribution in [0.3, 0.4) is 0 Å². The largest absolute Gasteiger partial charge is 0.417 e. The number of ether oxygens (including phenoxy) is 2. The van der Waals surface area contributed by atoms with Crippen molar-refractivity contribution >= 4 is 11.6 Å². The lowest BCUT2D eigenvalue weighted by Gasteiger charge is -2.11. The summed E-state index contributed by atoms with van der Waals surface area (Å²) in [6.45, 7) is 1.08. The molecule has 1 aromatic heterocycles. The van der Waals surface area contributed by atoms with Crippen LogP contribution in [0.4, 0.5) is 13.2 Å². The Kier molecular flexibility index (Phi) is 4.08. The van der Waals surface area contributed by atoms with Gasteiger partial charge in [0.25, 0.3) is 0 Å². The molecule has 1 aliphatic heterocycles. The first-order chi connectivity index (χ1) is 10.4. The second kappa shape index (κ2) is 5.87. The minimum Gasteiger partial charge on any atom is -0.346 e. The maximum Gasteiger partial charge on any atom is 0.417 e. The van der Waals surface area contributed by atoms with Gasteiger partial charge in [0.15, 0.2) is 6.29 Å². The molecule has 116 valence electrons. The zero-order valence-corrected chi connectivity index (χ0v) is 12.0. The zero-order chi connectivity index (χ0) is 15.7. The Labute approximate surface area is 129 Å². The fourth-order valence-corrected chi connectivity index (χ4v) is 2.43. The average molecular weight is 330 g/mol. The molecule has 0 spiro atoms. The molecule has 1 fully saturated rings. The molecule has 2 aromatic rings. The van der Waals surface area contributed by atoms with E-state index in [1.807, 2.05) is 0 Å². The van der Waals surface area contributed by atoms with Crippen molar-refractivity contribution in [1.29, 1.82) is 0 Å². The molecule has 0 radical (unpaired) electrons. The zero-order valence-electron chi connectivity index (χ0n) is 11.2. The van der Waals surface area contributed by atoms with Crippen LogP contribution < -0.4 is 0 Å². The Morgan fingerprint density at radius 3 is 2.27 bits per heavy atom. The van der Waals surface area contributed by atoms with Gasteiger partial charge in [-0.15, -0.1) is 0 Å². The van der Waals surface area contributed by atoms with Gasteiger partial charge in [-0.3, -0.25) is 4.98 Å². The van der Waals surface area contributed by atoms with Gasteiger partial charge in [0.05, 0.1) is 29.5 Å². The number of pyridine rings is 1. The minimum atomic E-state index is -4.46. The van der Waals surface area contributed by atoms with E-state index in [4.69, 9.17) is 21.1 Å². The SMILES string of the molecule is FC(F)(F)c1cnc(-c2ccc(C3OCCO3)cc2)c(Cl)c1. The standard InChI is InChI=1S/C15H11ClF3NO2/c16-12-7-11(15(17,18)19)8-20-13(12)9-1-3-10(4-2-9)14-21-5-6-22-14/h1-4,7-8,14H,5-6H2. The number of aromatic nitrogens is 1. The van der Waals surface area contributed by atoms with Crippen LogP contribution in [0.5, 0.6) is 0 Å². The average Bonchev–Trinajstić information content (AvgIpc) is 3.01. The summed E-state index contributed by atoms with van der Waals surface area (Å²) < 4.78 is 48.5. The molecular formula is C15H11ClF3NO2. The fourth-order valence-electron chi connectivity index (χ4n) is 2.15. The third-order valence-corrected chi connectivity index (χ3v) is 3.53. The smallest absolute Gasteiger partial charge is 0.346 e. The van der Waals surface area contributed by atoms with Crippen LogP contribution in [-0.4, -0.2) is 18.2 Å². The normalized spacial score (nSPS) is 16.2. The van der Waals surface area contributed by atoms with Crippen molar-refractivity contribution in [2.75, 3.05) is 13.2 Å². The maximum absolute atomic E-state index is 12.6. The number of hydrogen-bond acceptors (Lipinski definition) is 3. The Hall–Kier alpha value is -1.63. The molecule has 7 heteroatoms. The van der Waals surface area contributed by atoms with E-state index >= 15 is 0 Å². The Morgan fingerprint density at radius 1 is 1.09 bits per heavy atom. The summed E-state index contributed by atoms with van der Waals surface area (Å²) in [5.41, 5.74) is 0.893. The molecular weight excluding hydrogens is 319 g/mol. The highest BCUT2D eigenvalue weighted by Crippen LogP contribution is 2.34. The fraction of sp³-hybridized carbons (Fsp3) is 0.267. The molecule has 22 heavy (non-hydrogen) atoms. The van der Waals surface area contributed by atoms with E-state index in [1.165, 1.54) is 0 Å². The molecule has 0 amide bonds. The lowest BCUT2D eigenvalue weighted by Crippen LogP contribution is -2.05. The van der Waals surface area contributed by atoms with Crippen LogP contribution in [0, 0.1) is 0 Å². The van der Waals surface area contributed by atoms with Crippen molar-refractivity contribution < 1.29 is 22.6 Å². The summed E-state index contributed by atoms with van der Waals surface area (Å²) in [5.74, 6) is 0. The summed E-state index contributed by atoms with van der Waals surface area (Å²) in [4.78, 5) is 3.83. The minimum absolute atomic E-state index is 0.0454. The van der Waals surface area contributed by atoms with Crippen molar-refractivity contribution in [3.8, 4) is 11.3 Å². The molecule has 1 aliphatic rings. The summed E-state index contributed by atoms with van der Waals surface area (Å²) in [6, 6.07) is 7.88. The van der Waals surface area contributed by atoms with Crippen molar-refractivity contribution in [3.05, 3.63) is 52.7 Å². The van der Waals surface area contributed by atoms with Gasteiger partial charge in [-0.25, -0.2) is 0 Å². The lowest BCUT2D eigenvalue weighted by molar-refractivity contribution is -0.137. The topological polar surface area (TPSA) is 31.4 Å². The second-order valence-corrected chi connectivity index (χ2v) is 5.15. The molecule has 2 heterocycles. The highest BCUT2D eigenvalue weighted by atomic mass is 35.5. The molecule has 0 atom stereocenters. The first-order valence-corrected chi connectivity index (χ1v) is 6.89. The number of alkyl halides is 3. The summed E-state index contributed by atoms with van der Waals surface area (Å²) in [6.07, 6.45) is -4.08. The quantitative estimate of drug-likeness (QED) is 0.814. The van der Waals surface area contributed by atoms with Gasteiger partial charge in [-0.1, -0.05) is 35.9 Å². The molecule has 0 aliphatic carbocycles. The lowest BCUT2D eigenvalue weighted by atomic mass is 10.1. The highest BCUT2D eigenvalue weighted by Gasteiger charge is 2.31. The van der Waals surface area contributed by atoms with E-state index < -0.39 is 18.0 Å². The number of nitrogens with zero attached hydrogens (tertiary/aromatic N) is 1. The molecule has 0 saturated carbocycles. The summed E-state index contributed by atoms with van der Waals surface area (Å²) >= 11 is 5.92. The van der Waals surface area contributed by atoms with Crippen LogP contribution in [0.25, 0.3) is 11.3 Å². The van der Waals surface area contributed by atoms with Crippen LogP contribution in [0.2, 0.25) is 5.02 Å². The van der Waals surface area contributed by atoms with Gasteiger partial charge in [0.1, 0.15) is 0 Å². The number of benzene rings is 1. The number of rotatable bonds is 2.